The van der Waals surface area contributed by atoms with Gasteiger partial charge < -0.3 is 0 Å². The second-order valence-corrected chi connectivity index (χ2v) is 33.2. The maximum absolute atomic E-state index is 16.1. The molecule has 0 aliphatic carbocycles. The van der Waals surface area contributed by atoms with E-state index in [1.54, 1.807) is 192 Å². The van der Waals surface area contributed by atoms with Crippen molar-refractivity contribution in [3.05, 3.63) is 245 Å². The molecule has 0 unspecified atom stereocenters. The normalized spacial score (nSPS) is 11.5. The number of rotatable bonds is 16. The Labute approximate surface area is 427 Å². The van der Waals surface area contributed by atoms with Crippen LogP contribution in [0.3, 0.4) is 0 Å². The fraction of sp³-hybridized carbons (Fsp3) is 0.194. The Morgan fingerprint density at radius 3 is 0.458 bits per heavy atom. The molecule has 0 spiro atoms. The zero-order valence-electron chi connectivity index (χ0n) is 43.0. The molecular formula is C62H58Ge2O8. The SMILES string of the molecule is Cc1cccc(C)c1[C](=O)[Ge]([C](=O)c1ccc([C](=O)[Ge]([C](=O)c2c(C)cccc2C)([C](=O)c2c(C)cccc2C)[C](=O)c2c(C)cccc2C)cc1)([C](=O)c1c(C)cccc1C)[C](=O)c1c(C)cccc1C. The monoisotopic (exact) mass is 1080 g/mol. The van der Waals surface area contributed by atoms with Gasteiger partial charge in [0.2, 0.25) is 0 Å². The number of carbonyl (C=O) groups excluding carboxylic acids is 8. The zero-order valence-corrected chi connectivity index (χ0v) is 47.2. The number of hydrogen-bond acceptors (Lipinski definition) is 8. The molecule has 0 heterocycles. The Kier molecular flexibility index (Phi) is 15.1. The summed E-state index contributed by atoms with van der Waals surface area (Å²) in [5, 5.41) is 0. The molecule has 0 atom stereocenters. The first-order valence-electron chi connectivity index (χ1n) is 23.9. The molecule has 7 aromatic rings. The van der Waals surface area contributed by atoms with Crippen LogP contribution in [0.5, 0.6) is 0 Å². The fourth-order valence-electron chi connectivity index (χ4n) is 10.6. The third kappa shape index (κ3) is 8.68. The summed E-state index contributed by atoms with van der Waals surface area (Å²) in [4.78, 5) is 128. The van der Waals surface area contributed by atoms with Gasteiger partial charge in [0.15, 0.2) is 0 Å². The molecule has 0 aromatic heterocycles. The Bertz CT molecular complexity index is 2830. The summed E-state index contributed by atoms with van der Waals surface area (Å²) >= 11 is -12.6. The Hall–Kier alpha value is -7.01. The molecule has 72 heavy (non-hydrogen) atoms. The van der Waals surface area contributed by atoms with Crippen molar-refractivity contribution in [3.63, 3.8) is 0 Å². The molecule has 0 aliphatic rings. The van der Waals surface area contributed by atoms with Gasteiger partial charge in [0.25, 0.3) is 0 Å². The van der Waals surface area contributed by atoms with Gasteiger partial charge in [-0.3, -0.25) is 0 Å². The molecular weight excluding hydrogens is 1020 g/mol. The molecule has 0 radical (unpaired) electrons. The van der Waals surface area contributed by atoms with Crippen molar-refractivity contribution in [2.45, 2.75) is 83.1 Å². The standard InChI is InChI=1S/C62H58Ge2O8/c1-35-19-13-20-36(2)49(35)57(67)63(58(68)50-37(3)21-14-22-38(50)4,59(69)51-39(5)23-15-24-40(51)6)55(65)47-31-33-48(34-32-47)56(66)64(60(70)52-41(7)25-16-26-42(52)8,61(71)53-43(9)27-17-28-44(53)10)62(72)54-45(11)29-18-30-46(54)12/h13-34H,1-12H3. The van der Waals surface area contributed by atoms with Gasteiger partial charge in [0.1, 0.15) is 0 Å². The second kappa shape index (κ2) is 20.6. The van der Waals surface area contributed by atoms with E-state index in [4.69, 9.17) is 0 Å². The van der Waals surface area contributed by atoms with Gasteiger partial charge in [-0.15, -0.1) is 0 Å². The number of benzene rings is 7. The third-order valence-corrected chi connectivity index (χ3v) is 30.2. The summed E-state index contributed by atoms with van der Waals surface area (Å²) in [6.07, 6.45) is 0. The molecule has 10 heteroatoms. The van der Waals surface area contributed by atoms with E-state index >= 15 is 38.4 Å². The van der Waals surface area contributed by atoms with Gasteiger partial charge in [-0.25, -0.2) is 0 Å². The predicted molar refractivity (Wildman–Crippen MR) is 288 cm³/mol. The van der Waals surface area contributed by atoms with Crippen LogP contribution in [-0.2, 0) is 0 Å². The maximum atomic E-state index is 16.1. The molecule has 8 nitrogen and oxygen atoms in total. The quantitative estimate of drug-likeness (QED) is 0.0873. The number of hydrogen-bond donors (Lipinski definition) is 0. The average Bonchev–Trinajstić information content (AvgIpc) is 3.31. The van der Waals surface area contributed by atoms with Gasteiger partial charge in [0.05, 0.1) is 0 Å². The van der Waals surface area contributed by atoms with Gasteiger partial charge in [0, 0.05) is 0 Å². The van der Waals surface area contributed by atoms with Gasteiger partial charge in [-0.05, 0) is 0 Å². The topological polar surface area (TPSA) is 137 Å². The van der Waals surface area contributed by atoms with Crippen molar-refractivity contribution in [1.29, 1.82) is 0 Å². The van der Waals surface area contributed by atoms with Gasteiger partial charge >= 0.3 is 430 Å². The van der Waals surface area contributed by atoms with E-state index in [0.29, 0.717) is 66.8 Å². The van der Waals surface area contributed by atoms with E-state index in [1.165, 1.54) is 24.3 Å². The molecule has 0 amide bonds. The van der Waals surface area contributed by atoms with E-state index in [1.807, 2.05) is 0 Å². The van der Waals surface area contributed by atoms with Crippen LogP contribution in [0.25, 0.3) is 0 Å². The summed E-state index contributed by atoms with van der Waals surface area (Å²) < 4.78 is -6.79. The first-order valence-corrected chi connectivity index (χ1v) is 32.3. The number of carbonyl (C=O) groups is 8. The van der Waals surface area contributed by atoms with Crippen molar-refractivity contribution in [1.82, 2.24) is 0 Å². The fourth-order valence-corrected chi connectivity index (χ4v) is 28.0. The summed E-state index contributed by atoms with van der Waals surface area (Å²) in [5.74, 6) is 0. The van der Waals surface area contributed by atoms with Crippen LogP contribution in [-0.4, -0.2) is 63.5 Å². The third-order valence-electron chi connectivity index (χ3n) is 14.4. The summed E-state index contributed by atoms with van der Waals surface area (Å²) in [6, 6.07) is 36.2. The average molecular weight is 1080 g/mol. The van der Waals surface area contributed by atoms with Crippen LogP contribution in [0, 0.1) is 83.1 Å². The second-order valence-electron chi connectivity index (χ2n) is 19.3. The summed E-state index contributed by atoms with van der Waals surface area (Å²) in [7, 11) is 0. The molecule has 0 N–H and O–H groups in total. The van der Waals surface area contributed by atoms with Gasteiger partial charge in [-0.2, -0.15) is 0 Å². The van der Waals surface area contributed by atoms with Crippen molar-refractivity contribution in [2.75, 3.05) is 0 Å². The van der Waals surface area contributed by atoms with Crippen LogP contribution in [0.2, 0.25) is 0 Å². The minimum atomic E-state index is -6.30. The van der Waals surface area contributed by atoms with Crippen LogP contribution < -0.4 is 0 Å². The molecule has 0 fully saturated rings. The van der Waals surface area contributed by atoms with Crippen LogP contribution in [0.4, 0.5) is 0 Å². The first kappa shape index (κ1) is 52.8. The van der Waals surface area contributed by atoms with Crippen molar-refractivity contribution in [2.24, 2.45) is 0 Å². The molecule has 7 rings (SSSR count). The summed E-state index contributed by atoms with van der Waals surface area (Å²) in [5.41, 5.74) is 6.24. The van der Waals surface area contributed by atoms with Gasteiger partial charge in [-0.1, -0.05) is 0 Å². The van der Waals surface area contributed by atoms with E-state index in [9.17, 15) is 0 Å². The van der Waals surface area contributed by atoms with Crippen LogP contribution in [0.15, 0.2) is 133 Å². The van der Waals surface area contributed by atoms with E-state index in [0.717, 1.165) is 0 Å². The Morgan fingerprint density at radius 1 is 0.208 bits per heavy atom. The Balaban J connectivity index is 1.55. The summed E-state index contributed by atoms with van der Waals surface area (Å²) in [6.45, 7) is 20.5. The first-order chi connectivity index (χ1) is 34.1. The molecule has 7 aromatic carbocycles. The molecule has 362 valence electrons. The molecule has 0 bridgehead atoms. The van der Waals surface area contributed by atoms with Crippen molar-refractivity contribution in [3.8, 4) is 0 Å². The van der Waals surface area contributed by atoms with Crippen LogP contribution in [0.1, 0.15) is 150 Å². The van der Waals surface area contributed by atoms with Crippen molar-refractivity contribution < 1.29 is 38.4 Å². The molecule has 0 aliphatic heterocycles. The van der Waals surface area contributed by atoms with E-state index in [-0.39, 0.29) is 44.5 Å². The minimum absolute atomic E-state index is 0.120. The predicted octanol–water partition coefficient (Wildman–Crippen LogP) is 12.3. The van der Waals surface area contributed by atoms with E-state index in [2.05, 4.69) is 0 Å². The molecule has 0 saturated carbocycles. The van der Waals surface area contributed by atoms with Crippen LogP contribution >= 0.6 is 0 Å². The number of aryl methyl sites for hydroxylation is 12. The Morgan fingerprint density at radius 2 is 0.333 bits per heavy atom. The van der Waals surface area contributed by atoms with Crippen molar-refractivity contribution >= 4 is 63.5 Å². The zero-order chi connectivity index (χ0) is 52.7. The molecule has 0 saturated heterocycles. The van der Waals surface area contributed by atoms with E-state index < -0.39 is 63.5 Å².